The Morgan fingerprint density at radius 1 is 1.45 bits per heavy atom. The Kier molecular flexibility index (Phi) is 5.83. The van der Waals surface area contributed by atoms with E-state index in [0.29, 0.717) is 6.61 Å². The zero-order valence-corrected chi connectivity index (χ0v) is 12.6. The van der Waals surface area contributed by atoms with Crippen molar-refractivity contribution >= 4 is 5.69 Å². The van der Waals surface area contributed by atoms with Crippen LogP contribution in [0.4, 0.5) is 5.69 Å². The van der Waals surface area contributed by atoms with Crippen LogP contribution >= 0.6 is 0 Å². The minimum Gasteiger partial charge on any atom is -0.394 e. The summed E-state index contributed by atoms with van der Waals surface area (Å²) in [6.45, 7) is 8.63. The van der Waals surface area contributed by atoms with E-state index in [-0.39, 0.29) is 12.6 Å². The molecule has 1 aliphatic heterocycles. The Balaban J connectivity index is 2.07. The van der Waals surface area contributed by atoms with Crippen molar-refractivity contribution < 1.29 is 9.84 Å². The van der Waals surface area contributed by atoms with E-state index in [2.05, 4.69) is 42.3 Å². The molecule has 4 nitrogen and oxygen atoms in total. The molecule has 0 saturated carbocycles. The number of morpholine rings is 1. The lowest BCUT2D eigenvalue weighted by atomic mass is 10.1. The van der Waals surface area contributed by atoms with Crippen molar-refractivity contribution in [2.45, 2.75) is 32.9 Å². The summed E-state index contributed by atoms with van der Waals surface area (Å²) in [5.74, 6) is 0. The summed E-state index contributed by atoms with van der Waals surface area (Å²) >= 11 is 0. The second kappa shape index (κ2) is 7.62. The highest BCUT2D eigenvalue weighted by Crippen LogP contribution is 2.23. The highest BCUT2D eigenvalue weighted by molar-refractivity contribution is 5.52. The molecule has 1 aliphatic rings. The standard InChI is InChI=1S/C16H26N2O2/c1-3-6-17-10-14-4-5-15(9-13(14)2)18-7-8-20-12-16(18)11-19/h4-5,9,16-17,19H,3,6-8,10-12H2,1-2H3. The molecule has 0 radical (unpaired) electrons. The molecule has 1 fully saturated rings. The van der Waals surface area contributed by atoms with Crippen LogP contribution in [0.25, 0.3) is 0 Å². The minimum absolute atomic E-state index is 0.0761. The maximum Gasteiger partial charge on any atom is 0.0755 e. The molecule has 0 aromatic heterocycles. The van der Waals surface area contributed by atoms with Crippen LogP contribution in [0.2, 0.25) is 0 Å². The number of rotatable bonds is 6. The fourth-order valence-corrected chi connectivity index (χ4v) is 2.60. The third-order valence-corrected chi connectivity index (χ3v) is 3.84. The number of aryl methyl sites for hydroxylation is 1. The maximum atomic E-state index is 9.46. The molecule has 2 N–H and O–H groups in total. The summed E-state index contributed by atoms with van der Waals surface area (Å²) in [5.41, 5.74) is 3.83. The molecule has 1 saturated heterocycles. The topological polar surface area (TPSA) is 44.7 Å². The van der Waals surface area contributed by atoms with Gasteiger partial charge in [0.15, 0.2) is 0 Å². The summed E-state index contributed by atoms with van der Waals surface area (Å²) in [7, 11) is 0. The van der Waals surface area contributed by atoms with Crippen LogP contribution in [-0.2, 0) is 11.3 Å². The first-order valence-electron chi connectivity index (χ1n) is 7.51. The van der Waals surface area contributed by atoms with Gasteiger partial charge in [-0.05, 0) is 43.1 Å². The number of aliphatic hydroxyl groups excluding tert-OH is 1. The minimum atomic E-state index is 0.0761. The second-order valence-corrected chi connectivity index (χ2v) is 5.39. The molecule has 1 unspecified atom stereocenters. The zero-order chi connectivity index (χ0) is 14.4. The molecule has 1 aromatic rings. The molecule has 20 heavy (non-hydrogen) atoms. The van der Waals surface area contributed by atoms with Crippen LogP contribution in [0.5, 0.6) is 0 Å². The quantitative estimate of drug-likeness (QED) is 0.777. The van der Waals surface area contributed by atoms with Crippen molar-refractivity contribution in [3.63, 3.8) is 0 Å². The van der Waals surface area contributed by atoms with E-state index in [4.69, 9.17) is 4.74 Å². The van der Waals surface area contributed by atoms with Gasteiger partial charge in [-0.1, -0.05) is 13.0 Å². The highest BCUT2D eigenvalue weighted by atomic mass is 16.5. The first-order valence-corrected chi connectivity index (χ1v) is 7.51. The predicted octanol–water partition coefficient (Wildman–Crippen LogP) is 1.69. The van der Waals surface area contributed by atoms with Crippen molar-refractivity contribution in [2.75, 3.05) is 37.8 Å². The zero-order valence-electron chi connectivity index (χ0n) is 12.6. The molecule has 0 amide bonds. The average Bonchev–Trinajstić information content (AvgIpc) is 2.49. The number of nitrogens with one attached hydrogen (secondary N) is 1. The second-order valence-electron chi connectivity index (χ2n) is 5.39. The van der Waals surface area contributed by atoms with Gasteiger partial charge in [-0.2, -0.15) is 0 Å². The molecule has 112 valence electrons. The lowest BCUT2D eigenvalue weighted by molar-refractivity contribution is 0.0727. The predicted molar refractivity (Wildman–Crippen MR) is 82.2 cm³/mol. The van der Waals surface area contributed by atoms with E-state index in [1.165, 1.54) is 16.8 Å². The monoisotopic (exact) mass is 278 g/mol. The maximum absolute atomic E-state index is 9.46. The van der Waals surface area contributed by atoms with Crippen LogP contribution in [0, 0.1) is 6.92 Å². The SMILES string of the molecule is CCCNCc1ccc(N2CCOCC2CO)cc1C. The van der Waals surface area contributed by atoms with Crippen molar-refractivity contribution in [3.05, 3.63) is 29.3 Å². The van der Waals surface area contributed by atoms with Crippen molar-refractivity contribution in [1.82, 2.24) is 5.32 Å². The lowest BCUT2D eigenvalue weighted by Crippen LogP contribution is -2.47. The fourth-order valence-electron chi connectivity index (χ4n) is 2.60. The van der Waals surface area contributed by atoms with Gasteiger partial charge in [0.2, 0.25) is 0 Å². The molecular formula is C16H26N2O2. The number of benzene rings is 1. The van der Waals surface area contributed by atoms with Crippen molar-refractivity contribution in [2.24, 2.45) is 0 Å². The normalized spacial score (nSPS) is 19.4. The highest BCUT2D eigenvalue weighted by Gasteiger charge is 2.22. The van der Waals surface area contributed by atoms with E-state index in [0.717, 1.165) is 32.7 Å². The summed E-state index contributed by atoms with van der Waals surface area (Å²) < 4.78 is 5.43. The number of hydrogen-bond donors (Lipinski definition) is 2. The first kappa shape index (κ1) is 15.3. The number of aliphatic hydroxyl groups is 1. The van der Waals surface area contributed by atoms with Crippen LogP contribution in [0.15, 0.2) is 18.2 Å². The average molecular weight is 278 g/mol. The molecule has 4 heteroatoms. The Bertz CT molecular complexity index is 423. The lowest BCUT2D eigenvalue weighted by Gasteiger charge is -2.36. The van der Waals surface area contributed by atoms with E-state index >= 15 is 0 Å². The van der Waals surface area contributed by atoms with Gasteiger partial charge in [-0.15, -0.1) is 0 Å². The molecule has 1 heterocycles. The Labute approximate surface area is 121 Å². The van der Waals surface area contributed by atoms with Gasteiger partial charge in [0.05, 0.1) is 25.9 Å². The van der Waals surface area contributed by atoms with Crippen LogP contribution in [0.1, 0.15) is 24.5 Å². The van der Waals surface area contributed by atoms with Gasteiger partial charge in [0.1, 0.15) is 0 Å². The molecule has 0 spiro atoms. The van der Waals surface area contributed by atoms with Gasteiger partial charge in [0.25, 0.3) is 0 Å². The molecule has 2 rings (SSSR count). The van der Waals surface area contributed by atoms with E-state index < -0.39 is 0 Å². The fraction of sp³-hybridized carbons (Fsp3) is 0.625. The van der Waals surface area contributed by atoms with E-state index in [9.17, 15) is 5.11 Å². The molecular weight excluding hydrogens is 252 g/mol. The molecule has 1 aromatic carbocycles. The van der Waals surface area contributed by atoms with Gasteiger partial charge in [0, 0.05) is 18.8 Å². The van der Waals surface area contributed by atoms with Gasteiger partial charge in [-0.25, -0.2) is 0 Å². The van der Waals surface area contributed by atoms with Crippen LogP contribution < -0.4 is 10.2 Å². The van der Waals surface area contributed by atoms with E-state index in [1.54, 1.807) is 0 Å². The Morgan fingerprint density at radius 2 is 2.30 bits per heavy atom. The third kappa shape index (κ3) is 3.72. The largest absolute Gasteiger partial charge is 0.394 e. The molecule has 1 atom stereocenters. The first-order chi connectivity index (χ1) is 9.76. The van der Waals surface area contributed by atoms with Crippen LogP contribution in [0.3, 0.4) is 0 Å². The Morgan fingerprint density at radius 3 is 3.00 bits per heavy atom. The number of anilines is 1. The Hall–Kier alpha value is -1.10. The summed E-state index contributed by atoms with van der Waals surface area (Å²) in [4.78, 5) is 2.25. The third-order valence-electron chi connectivity index (χ3n) is 3.84. The van der Waals surface area contributed by atoms with Gasteiger partial charge < -0.3 is 20.1 Å². The van der Waals surface area contributed by atoms with Crippen molar-refractivity contribution in [3.8, 4) is 0 Å². The summed E-state index contributed by atoms with van der Waals surface area (Å²) in [5, 5.41) is 12.9. The van der Waals surface area contributed by atoms with Gasteiger partial charge in [-0.3, -0.25) is 0 Å². The molecule has 0 aliphatic carbocycles. The van der Waals surface area contributed by atoms with Crippen molar-refractivity contribution in [1.29, 1.82) is 0 Å². The number of nitrogens with zero attached hydrogens (tertiary/aromatic N) is 1. The summed E-state index contributed by atoms with van der Waals surface area (Å²) in [6.07, 6.45) is 1.16. The smallest absolute Gasteiger partial charge is 0.0755 e. The van der Waals surface area contributed by atoms with Crippen LogP contribution in [-0.4, -0.2) is 44.1 Å². The molecule has 0 bridgehead atoms. The van der Waals surface area contributed by atoms with E-state index in [1.807, 2.05) is 0 Å². The summed E-state index contributed by atoms with van der Waals surface area (Å²) in [6, 6.07) is 6.64. The van der Waals surface area contributed by atoms with Gasteiger partial charge >= 0.3 is 0 Å². The number of ether oxygens (including phenoxy) is 1. The number of hydrogen-bond acceptors (Lipinski definition) is 4.